The van der Waals surface area contributed by atoms with Gasteiger partial charge in [0.2, 0.25) is 0 Å². The molecule has 0 amide bonds. The van der Waals surface area contributed by atoms with Crippen LogP contribution in [0.25, 0.3) is 0 Å². The SMILES string of the molecule is CCCc1c(CO)cnn1Cc1ccccc1. The molecule has 0 spiro atoms. The van der Waals surface area contributed by atoms with E-state index < -0.39 is 0 Å². The molecule has 0 radical (unpaired) electrons. The first kappa shape index (κ1) is 11.9. The van der Waals surface area contributed by atoms with E-state index in [0.717, 1.165) is 30.6 Å². The molecule has 1 heterocycles. The van der Waals surface area contributed by atoms with Gasteiger partial charge in [0.05, 0.1) is 19.3 Å². The summed E-state index contributed by atoms with van der Waals surface area (Å²) in [5.74, 6) is 0. The van der Waals surface area contributed by atoms with Crippen LogP contribution in [0.1, 0.15) is 30.2 Å². The highest BCUT2D eigenvalue weighted by Crippen LogP contribution is 2.13. The van der Waals surface area contributed by atoms with E-state index in [1.165, 1.54) is 5.56 Å². The minimum absolute atomic E-state index is 0.0735. The van der Waals surface area contributed by atoms with Crippen molar-refractivity contribution < 1.29 is 5.11 Å². The van der Waals surface area contributed by atoms with E-state index in [1.807, 2.05) is 22.9 Å². The number of nitrogens with zero attached hydrogens (tertiary/aromatic N) is 2. The molecule has 0 aliphatic rings. The highest BCUT2D eigenvalue weighted by molar-refractivity contribution is 5.20. The van der Waals surface area contributed by atoms with Gasteiger partial charge in [0.15, 0.2) is 0 Å². The third-order valence-corrected chi connectivity index (χ3v) is 2.87. The van der Waals surface area contributed by atoms with Crippen molar-refractivity contribution in [3.05, 3.63) is 53.3 Å². The summed E-state index contributed by atoms with van der Waals surface area (Å²) in [5.41, 5.74) is 3.33. The molecule has 1 aromatic heterocycles. The second-order valence-corrected chi connectivity index (χ2v) is 4.17. The summed E-state index contributed by atoms with van der Waals surface area (Å²) in [7, 11) is 0. The van der Waals surface area contributed by atoms with Crippen LogP contribution in [-0.2, 0) is 19.6 Å². The van der Waals surface area contributed by atoms with Crippen LogP contribution in [-0.4, -0.2) is 14.9 Å². The number of aliphatic hydroxyl groups is 1. The minimum Gasteiger partial charge on any atom is -0.392 e. The Kier molecular flexibility index (Phi) is 3.94. The summed E-state index contributed by atoms with van der Waals surface area (Å²) in [6.07, 6.45) is 3.80. The van der Waals surface area contributed by atoms with Crippen LogP contribution < -0.4 is 0 Å². The average molecular weight is 230 g/mol. The van der Waals surface area contributed by atoms with E-state index in [-0.39, 0.29) is 6.61 Å². The molecule has 2 rings (SSSR count). The molecule has 17 heavy (non-hydrogen) atoms. The van der Waals surface area contributed by atoms with Crippen molar-refractivity contribution in [1.82, 2.24) is 9.78 Å². The van der Waals surface area contributed by atoms with E-state index >= 15 is 0 Å². The molecule has 3 heteroatoms. The molecule has 0 fully saturated rings. The van der Waals surface area contributed by atoms with Gasteiger partial charge >= 0.3 is 0 Å². The van der Waals surface area contributed by atoms with Crippen LogP contribution in [0.3, 0.4) is 0 Å². The zero-order chi connectivity index (χ0) is 12.1. The maximum absolute atomic E-state index is 9.27. The summed E-state index contributed by atoms with van der Waals surface area (Å²) < 4.78 is 1.99. The predicted molar refractivity (Wildman–Crippen MR) is 67.7 cm³/mol. The van der Waals surface area contributed by atoms with Gasteiger partial charge in [-0.3, -0.25) is 4.68 Å². The molecule has 0 bridgehead atoms. The van der Waals surface area contributed by atoms with Crippen LogP contribution in [0.5, 0.6) is 0 Å². The zero-order valence-corrected chi connectivity index (χ0v) is 10.1. The fraction of sp³-hybridized carbons (Fsp3) is 0.357. The van der Waals surface area contributed by atoms with E-state index in [2.05, 4.69) is 24.2 Å². The number of aliphatic hydroxyl groups excluding tert-OH is 1. The molecule has 2 aromatic rings. The lowest BCUT2D eigenvalue weighted by atomic mass is 10.1. The minimum atomic E-state index is 0.0735. The zero-order valence-electron chi connectivity index (χ0n) is 10.1. The molecule has 1 N–H and O–H groups in total. The summed E-state index contributed by atoms with van der Waals surface area (Å²) in [6, 6.07) is 10.3. The second kappa shape index (κ2) is 5.64. The fourth-order valence-electron chi connectivity index (χ4n) is 2.00. The molecule has 0 atom stereocenters. The van der Waals surface area contributed by atoms with Crippen LogP contribution in [0.2, 0.25) is 0 Å². The molecule has 0 saturated heterocycles. The summed E-state index contributed by atoms with van der Waals surface area (Å²) in [5, 5.41) is 13.6. The van der Waals surface area contributed by atoms with Gasteiger partial charge in [-0.2, -0.15) is 5.10 Å². The van der Waals surface area contributed by atoms with Crippen molar-refractivity contribution in [2.45, 2.75) is 32.9 Å². The standard InChI is InChI=1S/C14H18N2O/c1-2-6-14-13(11-17)9-15-16(14)10-12-7-4-3-5-8-12/h3-5,7-9,17H,2,6,10-11H2,1H3. The van der Waals surface area contributed by atoms with Crippen molar-refractivity contribution in [3.63, 3.8) is 0 Å². The molecule has 90 valence electrons. The third kappa shape index (κ3) is 2.74. The van der Waals surface area contributed by atoms with Gasteiger partial charge in [-0.15, -0.1) is 0 Å². The Labute approximate surface area is 102 Å². The summed E-state index contributed by atoms with van der Waals surface area (Å²) in [4.78, 5) is 0. The van der Waals surface area contributed by atoms with Gasteiger partial charge in [0.25, 0.3) is 0 Å². The lowest BCUT2D eigenvalue weighted by Gasteiger charge is -2.08. The van der Waals surface area contributed by atoms with Crippen LogP contribution >= 0.6 is 0 Å². The third-order valence-electron chi connectivity index (χ3n) is 2.87. The Morgan fingerprint density at radius 1 is 1.24 bits per heavy atom. The maximum Gasteiger partial charge on any atom is 0.0715 e. The molecule has 0 saturated carbocycles. The first-order chi connectivity index (χ1) is 8.35. The Morgan fingerprint density at radius 3 is 2.65 bits per heavy atom. The fourth-order valence-corrected chi connectivity index (χ4v) is 2.00. The second-order valence-electron chi connectivity index (χ2n) is 4.17. The molecule has 0 aliphatic heterocycles. The van der Waals surface area contributed by atoms with E-state index in [0.29, 0.717) is 0 Å². The average Bonchev–Trinajstić information content (AvgIpc) is 2.74. The largest absolute Gasteiger partial charge is 0.392 e. The van der Waals surface area contributed by atoms with Gasteiger partial charge < -0.3 is 5.11 Å². The predicted octanol–water partition coefficient (Wildman–Crippen LogP) is 2.38. The van der Waals surface area contributed by atoms with E-state index in [9.17, 15) is 5.11 Å². The summed E-state index contributed by atoms with van der Waals surface area (Å²) >= 11 is 0. The van der Waals surface area contributed by atoms with Crippen molar-refractivity contribution in [1.29, 1.82) is 0 Å². The number of hydrogen-bond donors (Lipinski definition) is 1. The van der Waals surface area contributed by atoms with Crippen molar-refractivity contribution >= 4 is 0 Å². The molecular weight excluding hydrogens is 212 g/mol. The number of aromatic nitrogens is 2. The quantitative estimate of drug-likeness (QED) is 0.856. The Balaban J connectivity index is 2.23. The molecule has 1 aromatic carbocycles. The number of rotatable bonds is 5. The van der Waals surface area contributed by atoms with Gasteiger partial charge in [-0.05, 0) is 12.0 Å². The molecule has 0 aliphatic carbocycles. The van der Waals surface area contributed by atoms with E-state index in [1.54, 1.807) is 6.20 Å². The number of benzene rings is 1. The van der Waals surface area contributed by atoms with Crippen molar-refractivity contribution in [2.24, 2.45) is 0 Å². The van der Waals surface area contributed by atoms with Crippen LogP contribution in [0.15, 0.2) is 36.5 Å². The van der Waals surface area contributed by atoms with Gasteiger partial charge in [-0.1, -0.05) is 43.7 Å². The van der Waals surface area contributed by atoms with Gasteiger partial charge in [0.1, 0.15) is 0 Å². The van der Waals surface area contributed by atoms with E-state index in [4.69, 9.17) is 0 Å². The molecular formula is C14H18N2O. The monoisotopic (exact) mass is 230 g/mol. The van der Waals surface area contributed by atoms with Gasteiger partial charge in [-0.25, -0.2) is 0 Å². The first-order valence-corrected chi connectivity index (χ1v) is 6.03. The van der Waals surface area contributed by atoms with Crippen LogP contribution in [0, 0.1) is 0 Å². The smallest absolute Gasteiger partial charge is 0.0715 e. The van der Waals surface area contributed by atoms with Crippen molar-refractivity contribution in [3.8, 4) is 0 Å². The number of hydrogen-bond acceptors (Lipinski definition) is 2. The Bertz CT molecular complexity index is 462. The lowest BCUT2D eigenvalue weighted by Crippen LogP contribution is -2.07. The van der Waals surface area contributed by atoms with Crippen molar-refractivity contribution in [2.75, 3.05) is 0 Å². The maximum atomic E-state index is 9.27. The molecule has 3 nitrogen and oxygen atoms in total. The summed E-state index contributed by atoms with van der Waals surface area (Å²) in [6.45, 7) is 2.99. The lowest BCUT2D eigenvalue weighted by molar-refractivity contribution is 0.280. The van der Waals surface area contributed by atoms with Crippen LogP contribution in [0.4, 0.5) is 0 Å². The topological polar surface area (TPSA) is 38.1 Å². The normalized spacial score (nSPS) is 10.7. The Hall–Kier alpha value is -1.61. The van der Waals surface area contributed by atoms with Gasteiger partial charge in [0, 0.05) is 11.3 Å². The Morgan fingerprint density at radius 2 is 2.00 bits per heavy atom. The first-order valence-electron chi connectivity index (χ1n) is 6.03. The highest BCUT2D eigenvalue weighted by Gasteiger charge is 2.09. The highest BCUT2D eigenvalue weighted by atomic mass is 16.3. The molecule has 0 unspecified atom stereocenters.